The van der Waals surface area contributed by atoms with Gasteiger partial charge in [0, 0.05) is 5.56 Å². The fourth-order valence-electron chi connectivity index (χ4n) is 2.62. The van der Waals surface area contributed by atoms with Gasteiger partial charge in [-0.15, -0.1) is 11.3 Å². The first kappa shape index (κ1) is 18.7. The van der Waals surface area contributed by atoms with Gasteiger partial charge in [-0.1, -0.05) is 55.5 Å². The number of thiophene rings is 1. The van der Waals surface area contributed by atoms with Crippen LogP contribution in [-0.4, -0.2) is 18.4 Å². The SMILES string of the molecule is CCc1ccsc1C(=O)NNC(=O)COc1ccccc1-c1ccccc1. The number of hydrogen-bond acceptors (Lipinski definition) is 4. The van der Waals surface area contributed by atoms with Crippen LogP contribution in [0.15, 0.2) is 66.0 Å². The van der Waals surface area contributed by atoms with Crippen molar-refractivity contribution in [1.82, 2.24) is 10.9 Å². The molecule has 0 fully saturated rings. The summed E-state index contributed by atoms with van der Waals surface area (Å²) in [5.41, 5.74) is 7.70. The molecule has 1 heterocycles. The summed E-state index contributed by atoms with van der Waals surface area (Å²) in [5, 5.41) is 1.86. The van der Waals surface area contributed by atoms with Crippen molar-refractivity contribution in [3.8, 4) is 16.9 Å². The Balaban J connectivity index is 1.57. The van der Waals surface area contributed by atoms with E-state index in [1.807, 2.05) is 73.0 Å². The first-order valence-corrected chi connectivity index (χ1v) is 9.49. The van der Waals surface area contributed by atoms with E-state index in [4.69, 9.17) is 4.74 Å². The van der Waals surface area contributed by atoms with E-state index in [9.17, 15) is 9.59 Å². The number of amides is 2. The third-order valence-electron chi connectivity index (χ3n) is 3.98. The smallest absolute Gasteiger partial charge is 0.280 e. The highest BCUT2D eigenvalue weighted by molar-refractivity contribution is 7.12. The number of carbonyl (C=O) groups is 2. The highest BCUT2D eigenvalue weighted by Gasteiger charge is 2.13. The summed E-state index contributed by atoms with van der Waals surface area (Å²) in [6.45, 7) is 1.78. The van der Waals surface area contributed by atoms with Gasteiger partial charge in [-0.25, -0.2) is 0 Å². The number of carbonyl (C=O) groups excluding carboxylic acids is 2. The number of ether oxygens (including phenoxy) is 1. The first-order valence-electron chi connectivity index (χ1n) is 8.62. The largest absolute Gasteiger partial charge is 0.483 e. The van der Waals surface area contributed by atoms with E-state index in [2.05, 4.69) is 10.9 Å². The molecule has 27 heavy (non-hydrogen) atoms. The van der Waals surface area contributed by atoms with E-state index in [-0.39, 0.29) is 12.5 Å². The molecule has 2 aromatic carbocycles. The monoisotopic (exact) mass is 380 g/mol. The average molecular weight is 380 g/mol. The molecule has 0 saturated heterocycles. The topological polar surface area (TPSA) is 67.4 Å². The molecule has 0 aliphatic heterocycles. The summed E-state index contributed by atoms with van der Waals surface area (Å²) in [5.74, 6) is -0.141. The van der Waals surface area contributed by atoms with Gasteiger partial charge in [-0.05, 0) is 35.1 Å². The Kier molecular flexibility index (Phi) is 6.22. The van der Waals surface area contributed by atoms with E-state index in [0.717, 1.165) is 23.1 Å². The maximum absolute atomic E-state index is 12.1. The third-order valence-corrected chi connectivity index (χ3v) is 4.94. The Hall–Kier alpha value is -3.12. The molecular weight excluding hydrogens is 360 g/mol. The minimum Gasteiger partial charge on any atom is -0.483 e. The van der Waals surface area contributed by atoms with E-state index in [1.165, 1.54) is 11.3 Å². The van der Waals surface area contributed by atoms with E-state index < -0.39 is 5.91 Å². The highest BCUT2D eigenvalue weighted by Crippen LogP contribution is 2.29. The van der Waals surface area contributed by atoms with Crippen molar-refractivity contribution in [3.63, 3.8) is 0 Å². The Morgan fingerprint density at radius 3 is 2.48 bits per heavy atom. The van der Waals surface area contributed by atoms with Crippen molar-refractivity contribution in [2.45, 2.75) is 13.3 Å². The maximum atomic E-state index is 12.1. The van der Waals surface area contributed by atoms with Crippen LogP contribution < -0.4 is 15.6 Å². The minimum absolute atomic E-state index is 0.199. The average Bonchev–Trinajstić information content (AvgIpc) is 3.20. The normalized spacial score (nSPS) is 10.3. The molecule has 138 valence electrons. The van der Waals surface area contributed by atoms with Crippen LogP contribution in [0.1, 0.15) is 22.2 Å². The summed E-state index contributed by atoms with van der Waals surface area (Å²) in [4.78, 5) is 24.8. The van der Waals surface area contributed by atoms with Crippen molar-refractivity contribution in [1.29, 1.82) is 0 Å². The molecular formula is C21H20N2O3S. The van der Waals surface area contributed by atoms with Crippen LogP contribution in [0.25, 0.3) is 11.1 Å². The van der Waals surface area contributed by atoms with Gasteiger partial charge in [0.25, 0.3) is 11.8 Å². The highest BCUT2D eigenvalue weighted by atomic mass is 32.1. The number of nitrogens with one attached hydrogen (secondary N) is 2. The molecule has 0 spiro atoms. The van der Waals surface area contributed by atoms with Gasteiger partial charge in [0.15, 0.2) is 6.61 Å². The molecule has 3 rings (SSSR count). The second kappa shape index (κ2) is 9.00. The predicted molar refractivity (Wildman–Crippen MR) is 107 cm³/mol. The maximum Gasteiger partial charge on any atom is 0.280 e. The van der Waals surface area contributed by atoms with Crippen LogP contribution >= 0.6 is 11.3 Å². The van der Waals surface area contributed by atoms with Crippen molar-refractivity contribution in [3.05, 3.63) is 76.5 Å². The van der Waals surface area contributed by atoms with Gasteiger partial charge in [-0.2, -0.15) is 0 Å². The Labute approximate surface area is 162 Å². The lowest BCUT2D eigenvalue weighted by Crippen LogP contribution is -2.43. The van der Waals surface area contributed by atoms with Crippen LogP contribution in [0.3, 0.4) is 0 Å². The Morgan fingerprint density at radius 2 is 1.70 bits per heavy atom. The van der Waals surface area contributed by atoms with Gasteiger partial charge in [-0.3, -0.25) is 20.4 Å². The lowest BCUT2D eigenvalue weighted by molar-refractivity contribution is -0.123. The van der Waals surface area contributed by atoms with Crippen LogP contribution in [0.2, 0.25) is 0 Å². The lowest BCUT2D eigenvalue weighted by atomic mass is 10.1. The number of para-hydroxylation sites is 1. The Morgan fingerprint density at radius 1 is 0.963 bits per heavy atom. The van der Waals surface area contributed by atoms with Gasteiger partial charge in [0.2, 0.25) is 0 Å². The lowest BCUT2D eigenvalue weighted by Gasteiger charge is -2.12. The molecule has 0 aliphatic carbocycles. The molecule has 0 bridgehead atoms. The van der Waals surface area contributed by atoms with E-state index in [1.54, 1.807) is 0 Å². The minimum atomic E-state index is -0.430. The summed E-state index contributed by atoms with van der Waals surface area (Å²) in [6, 6.07) is 19.2. The molecule has 2 N–H and O–H groups in total. The number of rotatable bonds is 6. The molecule has 2 amide bonds. The van der Waals surface area contributed by atoms with Gasteiger partial charge < -0.3 is 4.74 Å². The number of aryl methyl sites for hydroxylation is 1. The zero-order valence-electron chi connectivity index (χ0n) is 14.9. The van der Waals surface area contributed by atoms with Crippen molar-refractivity contribution >= 4 is 23.2 Å². The van der Waals surface area contributed by atoms with Crippen molar-refractivity contribution in [2.75, 3.05) is 6.61 Å². The molecule has 0 radical (unpaired) electrons. The third kappa shape index (κ3) is 4.74. The van der Waals surface area contributed by atoms with E-state index in [0.29, 0.717) is 10.6 Å². The molecule has 0 unspecified atom stereocenters. The summed E-state index contributed by atoms with van der Waals surface area (Å²) < 4.78 is 5.66. The Bertz CT molecular complexity index is 922. The number of benzene rings is 2. The molecule has 5 nitrogen and oxygen atoms in total. The fourth-order valence-corrected chi connectivity index (χ4v) is 3.51. The summed E-state index contributed by atoms with van der Waals surface area (Å²) in [6.07, 6.45) is 0.763. The molecule has 1 aromatic heterocycles. The standard InChI is InChI=1S/C21H20N2O3S/c1-2-15-12-13-27-20(15)21(25)23-22-19(24)14-26-18-11-7-6-10-17(18)16-8-4-3-5-9-16/h3-13H,2,14H2,1H3,(H,22,24)(H,23,25). The van der Waals surface area contributed by atoms with Crippen LogP contribution in [0.5, 0.6) is 5.75 Å². The zero-order chi connectivity index (χ0) is 19.1. The fraction of sp³-hybridized carbons (Fsp3) is 0.143. The molecule has 6 heteroatoms. The quantitative estimate of drug-likeness (QED) is 0.639. The van der Waals surface area contributed by atoms with Crippen LogP contribution in [0.4, 0.5) is 0 Å². The van der Waals surface area contributed by atoms with E-state index >= 15 is 0 Å². The van der Waals surface area contributed by atoms with Crippen LogP contribution in [-0.2, 0) is 11.2 Å². The number of hydrazine groups is 1. The van der Waals surface area contributed by atoms with Crippen molar-refractivity contribution in [2.24, 2.45) is 0 Å². The van der Waals surface area contributed by atoms with Gasteiger partial charge in [0.05, 0.1) is 4.88 Å². The predicted octanol–water partition coefficient (Wildman–Crippen LogP) is 3.82. The summed E-state index contributed by atoms with van der Waals surface area (Å²) in [7, 11) is 0. The van der Waals surface area contributed by atoms with Gasteiger partial charge >= 0.3 is 0 Å². The van der Waals surface area contributed by atoms with Crippen LogP contribution in [0, 0.1) is 0 Å². The summed E-state index contributed by atoms with van der Waals surface area (Å²) >= 11 is 1.35. The second-order valence-corrected chi connectivity index (χ2v) is 6.70. The molecule has 0 saturated carbocycles. The molecule has 0 aliphatic rings. The first-order chi connectivity index (χ1) is 13.2. The molecule has 3 aromatic rings. The van der Waals surface area contributed by atoms with Crippen molar-refractivity contribution < 1.29 is 14.3 Å². The second-order valence-electron chi connectivity index (χ2n) is 5.78. The zero-order valence-corrected chi connectivity index (χ0v) is 15.7. The van der Waals surface area contributed by atoms with Gasteiger partial charge in [0.1, 0.15) is 5.75 Å². The number of hydrogen-bond donors (Lipinski definition) is 2. The molecule has 0 atom stereocenters.